The number of benzene rings is 8. The molecule has 21 heteroatoms. The maximum Gasteiger partial charge on any atom is 0.338 e. The Bertz CT molecular complexity index is 4960. The Morgan fingerprint density at radius 3 is 0.990 bits per heavy atom. The van der Waals surface area contributed by atoms with Crippen molar-refractivity contribution in [2.45, 2.75) is 27.2 Å². The summed E-state index contributed by atoms with van der Waals surface area (Å²) in [4.78, 5) is 57.9. The molecule has 0 bridgehead atoms. The zero-order valence-electron chi connectivity index (χ0n) is 58.2. The highest BCUT2D eigenvalue weighted by atomic mass is 16.5. The van der Waals surface area contributed by atoms with Crippen molar-refractivity contribution < 1.29 is 55.6 Å². The van der Waals surface area contributed by atoms with E-state index in [0.717, 1.165) is 92.3 Å². The molecule has 0 unspecified atom stereocenters. The summed E-state index contributed by atoms with van der Waals surface area (Å²) in [6.07, 6.45) is 1.01. The third-order valence-corrected chi connectivity index (χ3v) is 16.7. The molecule has 0 saturated heterocycles. The van der Waals surface area contributed by atoms with Crippen molar-refractivity contribution in [3.63, 3.8) is 0 Å². The monoisotopic (exact) mass is 1340 g/mol. The minimum absolute atomic E-state index is 0.332. The van der Waals surface area contributed by atoms with Crippen LogP contribution in [0.4, 0.5) is 51.2 Å². The van der Waals surface area contributed by atoms with Crippen LogP contribution in [0.15, 0.2) is 219 Å². The van der Waals surface area contributed by atoms with Crippen molar-refractivity contribution in [1.29, 1.82) is 0 Å². The smallest absolute Gasteiger partial charge is 0.338 e. The van der Waals surface area contributed by atoms with Crippen LogP contribution in [-0.4, -0.2) is 98.2 Å². The standard InChI is InChI=1S/C22H26N2O2.C20H21NO6.C19H19NO5.C17H15NO3/c1-5-16-8-10-17(11-9-16)23(4)20-15-22(25)26-21-14-18(12-13-19(20)21)24(6-2)7-3;1-21(12-8-17(24-3)20(26-5)18(9-12)25-4)15-11-19(22)27-16-10-13(23-2)6-7-14(15)16;1-20(12-9-16(22-2)19(24-4)17(10-12)23-3)14-11-18(21)25-15-8-6-5-7-13(14)15;1-18(12-7-9-13(20-2)10-8-12)15-11-17(19)21-16-6-4-3-5-14(15)16/h8-15H,5-7H2,1-4H3;6-11H,1-5H3;5-11H,1-4H3;3-11H,1-2H3. The molecule has 0 aliphatic heterocycles. The van der Waals surface area contributed by atoms with Crippen LogP contribution in [0.3, 0.4) is 0 Å². The van der Waals surface area contributed by atoms with E-state index in [9.17, 15) is 19.2 Å². The molecular formula is C78H81N5O16. The minimum atomic E-state index is -0.454. The Morgan fingerprint density at radius 1 is 0.303 bits per heavy atom. The van der Waals surface area contributed by atoms with E-state index in [1.54, 1.807) is 81.1 Å². The number of fused-ring (bicyclic) bond motifs is 4. The van der Waals surface area contributed by atoms with Gasteiger partial charge in [-0.3, -0.25) is 0 Å². The van der Waals surface area contributed by atoms with Crippen LogP contribution in [0.5, 0.6) is 46.0 Å². The number of aryl methyl sites for hydroxylation is 1. The minimum Gasteiger partial charge on any atom is -0.497 e. The van der Waals surface area contributed by atoms with E-state index >= 15 is 0 Å². The summed E-state index contributed by atoms with van der Waals surface area (Å²) in [7, 11) is 20.1. The van der Waals surface area contributed by atoms with Crippen LogP contribution < -0.4 is 84.9 Å². The molecule has 0 saturated carbocycles. The van der Waals surface area contributed by atoms with Gasteiger partial charge in [-0.05, 0) is 111 Å². The maximum atomic E-state index is 12.2. The lowest BCUT2D eigenvalue weighted by Gasteiger charge is -2.23. The number of anilines is 9. The van der Waals surface area contributed by atoms with Crippen LogP contribution in [0.25, 0.3) is 43.9 Å². The second-order valence-electron chi connectivity index (χ2n) is 22.2. The second-order valence-corrected chi connectivity index (χ2v) is 22.2. The Balaban J connectivity index is 0.000000155. The van der Waals surface area contributed by atoms with Crippen molar-refractivity contribution in [3.05, 3.63) is 229 Å². The molecule has 4 heterocycles. The molecular weight excluding hydrogens is 1260 g/mol. The van der Waals surface area contributed by atoms with Gasteiger partial charge in [-0.25, -0.2) is 19.2 Å². The molecule has 0 fully saturated rings. The van der Waals surface area contributed by atoms with Gasteiger partial charge in [0.2, 0.25) is 11.5 Å². The fourth-order valence-corrected chi connectivity index (χ4v) is 11.3. The van der Waals surface area contributed by atoms with Gasteiger partial charge in [-0.2, -0.15) is 0 Å². The first kappa shape index (κ1) is 71.3. The van der Waals surface area contributed by atoms with E-state index in [-0.39, 0.29) is 11.3 Å². The first-order valence-corrected chi connectivity index (χ1v) is 31.6. The van der Waals surface area contributed by atoms with Crippen molar-refractivity contribution in [2.75, 3.05) is 123 Å². The van der Waals surface area contributed by atoms with Gasteiger partial charge >= 0.3 is 22.5 Å². The van der Waals surface area contributed by atoms with E-state index in [2.05, 4.69) is 56.0 Å². The number of ether oxygens (including phenoxy) is 8. The summed E-state index contributed by atoms with van der Waals surface area (Å²) >= 11 is 0. The topological polar surface area (TPSA) is 211 Å². The van der Waals surface area contributed by atoms with Gasteiger partial charge in [0, 0.05) is 152 Å². The molecule has 514 valence electrons. The molecule has 0 spiro atoms. The zero-order valence-corrected chi connectivity index (χ0v) is 58.2. The van der Waals surface area contributed by atoms with Gasteiger partial charge in [0.25, 0.3) is 0 Å². The summed E-state index contributed by atoms with van der Waals surface area (Å²) < 4.78 is 64.0. The van der Waals surface area contributed by atoms with Crippen molar-refractivity contribution in [2.24, 2.45) is 0 Å². The SMILES string of the molecule is CCc1ccc(N(C)c2cc(=O)oc3cc(N(CC)CC)ccc23)cc1.COc1cc(N(C)c2cc(=O)oc3ccccc23)cc(OC)c1OC.COc1ccc(N(C)c2cc(=O)oc3ccccc23)cc1.COc1ccc2c(N(C)c3cc(OC)c(OC)c(OC)c3)cc(=O)oc2c1. The maximum absolute atomic E-state index is 12.2. The van der Waals surface area contributed by atoms with Gasteiger partial charge < -0.3 is 80.1 Å². The first-order valence-electron chi connectivity index (χ1n) is 31.6. The number of hydrogen-bond donors (Lipinski definition) is 0. The number of nitrogens with zero attached hydrogens (tertiary/aromatic N) is 5. The summed E-state index contributed by atoms with van der Waals surface area (Å²) in [6.45, 7) is 8.20. The summed E-state index contributed by atoms with van der Waals surface area (Å²) in [6, 6.07) is 55.7. The fourth-order valence-electron chi connectivity index (χ4n) is 11.3. The third-order valence-electron chi connectivity index (χ3n) is 16.7. The summed E-state index contributed by atoms with van der Waals surface area (Å²) in [5, 5.41) is 3.43. The Hall–Kier alpha value is -12.0. The van der Waals surface area contributed by atoms with Crippen molar-refractivity contribution in [1.82, 2.24) is 0 Å². The second kappa shape index (κ2) is 32.6. The molecule has 8 aromatic carbocycles. The third kappa shape index (κ3) is 16.1. The molecule has 0 radical (unpaired) electrons. The average molecular weight is 1340 g/mol. The number of para-hydroxylation sites is 2. The molecule has 12 aromatic rings. The molecule has 0 aliphatic carbocycles. The van der Waals surface area contributed by atoms with Gasteiger partial charge in [-0.1, -0.05) is 43.3 Å². The predicted molar refractivity (Wildman–Crippen MR) is 393 cm³/mol. The lowest BCUT2D eigenvalue weighted by molar-refractivity contribution is 0.324. The molecule has 0 aliphatic rings. The van der Waals surface area contributed by atoms with Crippen LogP contribution in [0, 0.1) is 0 Å². The summed E-state index contributed by atoms with van der Waals surface area (Å²) in [5.74, 6) is 4.54. The Morgan fingerprint density at radius 2 is 0.626 bits per heavy atom. The van der Waals surface area contributed by atoms with Crippen LogP contribution in [0.2, 0.25) is 0 Å². The predicted octanol–water partition coefficient (Wildman–Crippen LogP) is 15.7. The Labute approximate surface area is 573 Å². The van der Waals surface area contributed by atoms with Crippen LogP contribution >= 0.6 is 0 Å². The van der Waals surface area contributed by atoms with E-state index in [0.29, 0.717) is 68.3 Å². The van der Waals surface area contributed by atoms with Gasteiger partial charge in [-0.15, -0.1) is 0 Å². The molecule has 4 aromatic heterocycles. The van der Waals surface area contributed by atoms with Crippen molar-refractivity contribution >= 4 is 95.1 Å². The van der Waals surface area contributed by atoms with Crippen LogP contribution in [0.1, 0.15) is 26.3 Å². The van der Waals surface area contributed by atoms with E-state index in [1.165, 1.54) is 23.8 Å². The van der Waals surface area contributed by atoms with Gasteiger partial charge in [0.15, 0.2) is 23.0 Å². The summed E-state index contributed by atoms with van der Waals surface area (Å²) in [5.41, 5.74) is 9.60. The molecule has 21 nitrogen and oxygen atoms in total. The highest BCUT2D eigenvalue weighted by Crippen LogP contribution is 2.45. The number of hydrogen-bond acceptors (Lipinski definition) is 21. The highest BCUT2D eigenvalue weighted by Gasteiger charge is 2.22. The number of rotatable bonds is 20. The zero-order chi connectivity index (χ0) is 71.0. The largest absolute Gasteiger partial charge is 0.497 e. The lowest BCUT2D eigenvalue weighted by Crippen LogP contribution is -2.21. The van der Waals surface area contributed by atoms with Gasteiger partial charge in [0.1, 0.15) is 33.8 Å². The fraction of sp³-hybridized carbons (Fsp3) is 0.231. The Kier molecular flexibility index (Phi) is 23.5. The number of methoxy groups -OCH3 is 8. The van der Waals surface area contributed by atoms with Crippen LogP contribution in [-0.2, 0) is 6.42 Å². The first-order chi connectivity index (χ1) is 47.9. The molecule has 0 amide bonds. The average Bonchev–Trinajstić information content (AvgIpc) is 0.806. The van der Waals surface area contributed by atoms with E-state index < -0.39 is 11.3 Å². The quantitative estimate of drug-likeness (QED) is 0.0649. The van der Waals surface area contributed by atoms with Crippen molar-refractivity contribution in [3.8, 4) is 46.0 Å². The molecule has 12 rings (SSSR count). The normalized spacial score (nSPS) is 10.7. The van der Waals surface area contributed by atoms with E-state index in [1.807, 2.05) is 157 Å². The molecule has 0 atom stereocenters. The van der Waals surface area contributed by atoms with Gasteiger partial charge in [0.05, 0.1) is 79.6 Å². The highest BCUT2D eigenvalue weighted by molar-refractivity contribution is 5.96. The lowest BCUT2D eigenvalue weighted by atomic mass is 10.1. The molecule has 0 N–H and O–H groups in total. The van der Waals surface area contributed by atoms with E-state index in [4.69, 9.17) is 55.6 Å². The molecule has 99 heavy (non-hydrogen) atoms.